The van der Waals surface area contributed by atoms with Crippen LogP contribution in [0.15, 0.2) is 103 Å². The number of halogens is 2. The van der Waals surface area contributed by atoms with Gasteiger partial charge in [-0.1, -0.05) is 92.2 Å². The number of imidazole rings is 1. The monoisotopic (exact) mass is 583 g/mol. The molecule has 0 aliphatic heterocycles. The molecule has 0 aliphatic carbocycles. The molecule has 4 rings (SSSR count). The second-order valence-electron chi connectivity index (χ2n) is 9.79. The molecule has 0 saturated carbocycles. The molecule has 0 radical (unpaired) electrons. The SMILES string of the molecule is C=C(/C=C\C(=C\C(=O)O)c1c(Cl)cccc1-c1ncc(-c2ccc(C)c(F)c2)[nH]1)C(=O)N[C@H](CCC)c1ccccc1. The normalized spacial score (nSPS) is 12.3. The van der Waals surface area contributed by atoms with Gasteiger partial charge < -0.3 is 15.4 Å². The summed E-state index contributed by atoms with van der Waals surface area (Å²) < 4.78 is 14.2. The fourth-order valence-corrected chi connectivity index (χ4v) is 4.81. The second-order valence-corrected chi connectivity index (χ2v) is 10.2. The van der Waals surface area contributed by atoms with Crippen LogP contribution >= 0.6 is 11.6 Å². The number of H-pyrrole nitrogens is 1. The zero-order valence-corrected chi connectivity index (χ0v) is 24.1. The first-order valence-electron chi connectivity index (χ1n) is 13.5. The number of hydrogen-bond donors (Lipinski definition) is 3. The van der Waals surface area contributed by atoms with E-state index in [9.17, 15) is 19.1 Å². The lowest BCUT2D eigenvalue weighted by atomic mass is 9.97. The van der Waals surface area contributed by atoms with Gasteiger partial charge in [0.15, 0.2) is 0 Å². The van der Waals surface area contributed by atoms with Gasteiger partial charge in [0.1, 0.15) is 11.6 Å². The number of aromatic nitrogens is 2. The van der Waals surface area contributed by atoms with Crippen LogP contribution in [-0.4, -0.2) is 27.0 Å². The van der Waals surface area contributed by atoms with Gasteiger partial charge in [-0.2, -0.15) is 0 Å². The van der Waals surface area contributed by atoms with Gasteiger partial charge in [-0.05, 0) is 48.3 Å². The molecular formula is C34H31ClFN3O3. The van der Waals surface area contributed by atoms with Crippen LogP contribution in [0.4, 0.5) is 4.39 Å². The first kappa shape index (κ1) is 30.2. The number of benzene rings is 3. The van der Waals surface area contributed by atoms with E-state index in [2.05, 4.69) is 21.9 Å². The lowest BCUT2D eigenvalue weighted by Gasteiger charge is -2.19. The molecule has 0 unspecified atom stereocenters. The standard InChI is InChI=1S/C34H31ClFN3O3/c1-4-9-29(23-10-6-5-7-11-23)39-34(42)22(3)15-17-25(19-31(40)41)32-26(12-8-13-27(32)35)33-37-20-30(38-33)24-16-14-21(2)28(36)18-24/h5-8,10-20,29H,3-4,9H2,1-2H3,(H,37,38)(H,39,42)(H,40,41)/b17-15-,25-19-/t29-/m1/s1. The molecule has 0 bridgehead atoms. The Morgan fingerprint density at radius 1 is 1.12 bits per heavy atom. The van der Waals surface area contributed by atoms with E-state index in [1.165, 1.54) is 18.2 Å². The summed E-state index contributed by atoms with van der Waals surface area (Å²) in [6, 6.07) is 19.5. The van der Waals surface area contributed by atoms with E-state index in [0.29, 0.717) is 33.8 Å². The number of nitrogens with zero attached hydrogens (tertiary/aromatic N) is 1. The van der Waals surface area contributed by atoms with Crippen molar-refractivity contribution in [1.29, 1.82) is 0 Å². The van der Waals surface area contributed by atoms with Gasteiger partial charge in [-0.25, -0.2) is 14.2 Å². The highest BCUT2D eigenvalue weighted by Gasteiger charge is 2.18. The summed E-state index contributed by atoms with van der Waals surface area (Å²) >= 11 is 6.61. The molecule has 3 N–H and O–H groups in total. The van der Waals surface area contributed by atoms with E-state index in [1.807, 2.05) is 37.3 Å². The largest absolute Gasteiger partial charge is 0.478 e. The van der Waals surface area contributed by atoms with Crippen molar-refractivity contribution >= 4 is 29.1 Å². The van der Waals surface area contributed by atoms with E-state index in [0.717, 1.165) is 24.5 Å². The third kappa shape index (κ3) is 7.30. The summed E-state index contributed by atoms with van der Waals surface area (Å²) in [4.78, 5) is 32.5. The van der Waals surface area contributed by atoms with Crippen LogP contribution in [-0.2, 0) is 9.59 Å². The highest BCUT2D eigenvalue weighted by molar-refractivity contribution is 6.33. The molecule has 1 amide bonds. The quantitative estimate of drug-likeness (QED) is 0.123. The van der Waals surface area contributed by atoms with Crippen LogP contribution < -0.4 is 5.32 Å². The maximum absolute atomic E-state index is 14.2. The number of aryl methyl sites for hydroxylation is 1. The van der Waals surface area contributed by atoms with Crippen LogP contribution in [0.1, 0.15) is 42.5 Å². The number of carboxylic acid groups (broad SMARTS) is 1. The summed E-state index contributed by atoms with van der Waals surface area (Å²) in [5.74, 6) is -1.49. The van der Waals surface area contributed by atoms with Gasteiger partial charge in [0.2, 0.25) is 0 Å². The summed E-state index contributed by atoms with van der Waals surface area (Å²) in [5.41, 5.74) is 4.03. The Hall–Kier alpha value is -4.75. The summed E-state index contributed by atoms with van der Waals surface area (Å²) in [6.07, 6.45) is 7.17. The topological polar surface area (TPSA) is 95.1 Å². The number of nitrogens with one attached hydrogen (secondary N) is 2. The molecule has 1 atom stereocenters. The third-order valence-electron chi connectivity index (χ3n) is 6.74. The predicted octanol–water partition coefficient (Wildman–Crippen LogP) is 8.08. The number of aromatic amines is 1. The number of hydrogen-bond acceptors (Lipinski definition) is 3. The summed E-state index contributed by atoms with van der Waals surface area (Å²) in [5, 5.41) is 13.0. The Bertz CT molecular complexity index is 1670. The number of aliphatic carboxylic acids is 1. The minimum atomic E-state index is -1.20. The van der Waals surface area contributed by atoms with Crippen LogP contribution in [0.5, 0.6) is 0 Å². The Kier molecular flexibility index (Phi) is 9.89. The average Bonchev–Trinajstić information content (AvgIpc) is 3.47. The van der Waals surface area contributed by atoms with Crippen LogP contribution in [0.25, 0.3) is 28.2 Å². The molecule has 6 nitrogen and oxygen atoms in total. The molecule has 0 spiro atoms. The maximum Gasteiger partial charge on any atom is 0.328 e. The van der Waals surface area contributed by atoms with Crippen LogP contribution in [0, 0.1) is 12.7 Å². The zero-order valence-electron chi connectivity index (χ0n) is 23.3. The molecule has 8 heteroatoms. The number of rotatable bonds is 11. The maximum atomic E-state index is 14.2. The smallest absolute Gasteiger partial charge is 0.328 e. The summed E-state index contributed by atoms with van der Waals surface area (Å²) in [6.45, 7) is 7.63. The van der Waals surface area contributed by atoms with E-state index in [1.54, 1.807) is 43.5 Å². The van der Waals surface area contributed by atoms with Crippen molar-refractivity contribution < 1.29 is 19.1 Å². The number of carboxylic acids is 1. The Morgan fingerprint density at radius 2 is 1.88 bits per heavy atom. The zero-order chi connectivity index (χ0) is 30.2. The van der Waals surface area contributed by atoms with Crippen molar-refractivity contribution in [3.05, 3.63) is 131 Å². The first-order chi connectivity index (χ1) is 20.2. The molecule has 0 fully saturated rings. The number of carbonyl (C=O) groups is 2. The molecule has 0 aliphatic rings. The van der Waals surface area contributed by atoms with Crippen LogP contribution in [0.2, 0.25) is 5.02 Å². The molecule has 3 aromatic carbocycles. The molecule has 1 aromatic heterocycles. The van der Waals surface area contributed by atoms with E-state index in [-0.39, 0.29) is 33.9 Å². The van der Waals surface area contributed by atoms with Gasteiger partial charge in [-0.3, -0.25) is 4.79 Å². The first-order valence-corrected chi connectivity index (χ1v) is 13.8. The van der Waals surface area contributed by atoms with Gasteiger partial charge in [0, 0.05) is 33.4 Å². The fourth-order valence-electron chi connectivity index (χ4n) is 4.53. The summed E-state index contributed by atoms with van der Waals surface area (Å²) in [7, 11) is 0. The predicted molar refractivity (Wildman–Crippen MR) is 165 cm³/mol. The van der Waals surface area contributed by atoms with Gasteiger partial charge in [-0.15, -0.1) is 0 Å². The average molecular weight is 584 g/mol. The van der Waals surface area contributed by atoms with Crippen molar-refractivity contribution in [2.45, 2.75) is 32.7 Å². The second kappa shape index (κ2) is 13.7. The number of amides is 1. The molecule has 4 aromatic rings. The highest BCUT2D eigenvalue weighted by Crippen LogP contribution is 2.35. The van der Waals surface area contributed by atoms with Gasteiger partial charge in [0.25, 0.3) is 5.91 Å². The van der Waals surface area contributed by atoms with E-state index >= 15 is 0 Å². The van der Waals surface area contributed by atoms with Gasteiger partial charge >= 0.3 is 5.97 Å². The Morgan fingerprint density at radius 3 is 2.57 bits per heavy atom. The Labute approximate surface area is 249 Å². The minimum Gasteiger partial charge on any atom is -0.478 e. The van der Waals surface area contributed by atoms with Crippen molar-refractivity contribution in [1.82, 2.24) is 15.3 Å². The number of allylic oxidation sites excluding steroid dienone is 2. The highest BCUT2D eigenvalue weighted by atomic mass is 35.5. The minimum absolute atomic E-state index is 0.151. The van der Waals surface area contributed by atoms with E-state index in [4.69, 9.17) is 11.6 Å². The molecule has 214 valence electrons. The van der Waals surface area contributed by atoms with Crippen molar-refractivity contribution in [2.24, 2.45) is 0 Å². The van der Waals surface area contributed by atoms with E-state index < -0.39 is 5.97 Å². The van der Waals surface area contributed by atoms with Gasteiger partial charge in [0.05, 0.1) is 17.9 Å². The Balaban J connectivity index is 1.64. The van der Waals surface area contributed by atoms with Crippen LogP contribution in [0.3, 0.4) is 0 Å². The molecule has 0 saturated heterocycles. The number of carbonyl (C=O) groups excluding carboxylic acids is 1. The third-order valence-corrected chi connectivity index (χ3v) is 7.05. The lowest BCUT2D eigenvalue weighted by molar-refractivity contribution is -0.131. The molecule has 1 heterocycles. The molecular weight excluding hydrogens is 553 g/mol. The fraction of sp³-hybridized carbons (Fsp3) is 0.147. The molecule has 42 heavy (non-hydrogen) atoms. The van der Waals surface area contributed by atoms with Crippen molar-refractivity contribution in [3.63, 3.8) is 0 Å². The van der Waals surface area contributed by atoms with Crippen molar-refractivity contribution in [3.8, 4) is 22.6 Å². The van der Waals surface area contributed by atoms with Crippen molar-refractivity contribution in [2.75, 3.05) is 0 Å². The lowest BCUT2D eigenvalue weighted by Crippen LogP contribution is -2.29.